The van der Waals surface area contributed by atoms with E-state index in [1.165, 1.54) is 22.4 Å². The highest BCUT2D eigenvalue weighted by Gasteiger charge is 2.29. The third-order valence-corrected chi connectivity index (χ3v) is 6.44. The first-order valence-electron chi connectivity index (χ1n) is 11.5. The van der Waals surface area contributed by atoms with Gasteiger partial charge in [0, 0.05) is 31.4 Å². The van der Waals surface area contributed by atoms with Crippen molar-refractivity contribution in [2.75, 3.05) is 37.7 Å². The molecular formula is C29H32N2O3. The molecule has 5 rings (SSSR count). The van der Waals surface area contributed by atoms with Gasteiger partial charge in [-0.25, -0.2) is 0 Å². The van der Waals surface area contributed by atoms with E-state index in [0.29, 0.717) is 32.1 Å². The second-order valence-electron chi connectivity index (χ2n) is 8.50. The maximum atomic E-state index is 12.4. The number of amides is 1. The number of phenolic OH excluding ortho intramolecular Hbond substituents is 1. The topological polar surface area (TPSA) is 53.0 Å². The largest absolute Gasteiger partial charge is 0.508 e. The van der Waals surface area contributed by atoms with Crippen LogP contribution in [-0.2, 0) is 16.0 Å². The predicted octanol–water partition coefficient (Wildman–Crippen LogP) is 5.05. The molecule has 1 fully saturated rings. The number of hydrogen-bond donors (Lipinski definition) is 1. The molecular weight excluding hydrogens is 424 g/mol. The fourth-order valence-corrected chi connectivity index (χ4v) is 4.72. The zero-order chi connectivity index (χ0) is 22.6. The van der Waals surface area contributed by atoms with Crippen molar-refractivity contribution in [1.82, 2.24) is 4.90 Å². The van der Waals surface area contributed by atoms with Crippen LogP contribution in [0.25, 0.3) is 6.08 Å². The van der Waals surface area contributed by atoms with E-state index in [-0.39, 0.29) is 19.4 Å². The Labute approximate surface area is 201 Å². The maximum Gasteiger partial charge on any atom is 0.246 e. The third-order valence-electron chi connectivity index (χ3n) is 6.44. The number of phenols is 1. The van der Waals surface area contributed by atoms with Crippen LogP contribution in [0, 0.1) is 0 Å². The number of carbonyl (C=O) groups excluding carboxylic acids is 1. The van der Waals surface area contributed by atoms with E-state index < -0.39 is 0 Å². The highest BCUT2D eigenvalue weighted by molar-refractivity contribution is 5.91. The van der Waals surface area contributed by atoms with E-state index in [4.69, 9.17) is 4.74 Å². The molecule has 5 heteroatoms. The number of para-hydroxylation sites is 1. The fourth-order valence-electron chi connectivity index (χ4n) is 4.72. The lowest BCUT2D eigenvalue weighted by Crippen LogP contribution is -2.39. The average Bonchev–Trinajstić information content (AvgIpc) is 2.88. The van der Waals surface area contributed by atoms with Gasteiger partial charge in [-0.05, 0) is 59.0 Å². The van der Waals surface area contributed by atoms with Crippen LogP contribution in [0.1, 0.15) is 35.7 Å². The number of rotatable bonds is 4. The monoisotopic (exact) mass is 456 g/mol. The van der Waals surface area contributed by atoms with Crippen LogP contribution in [0.15, 0.2) is 78.9 Å². The van der Waals surface area contributed by atoms with Gasteiger partial charge in [-0.15, -0.1) is 0 Å². The van der Waals surface area contributed by atoms with Crippen LogP contribution in [0.2, 0.25) is 0 Å². The molecule has 1 N–H and O–H groups in total. The SMILES string of the molecule is C.O=C(/C=C/c1ccc(C2c3ccc(O)cc3CCN2c2ccccc2)cc1)N1CCOCC1. The molecule has 0 radical (unpaired) electrons. The minimum atomic E-state index is 0. The normalized spacial score (nSPS) is 17.8. The Morgan fingerprint density at radius 1 is 0.941 bits per heavy atom. The van der Waals surface area contributed by atoms with Gasteiger partial charge in [0.15, 0.2) is 0 Å². The third kappa shape index (κ3) is 5.00. The Hall–Kier alpha value is -3.57. The molecule has 176 valence electrons. The highest BCUT2D eigenvalue weighted by atomic mass is 16.5. The first-order valence-corrected chi connectivity index (χ1v) is 11.5. The molecule has 3 aromatic rings. The second kappa shape index (κ2) is 10.6. The Kier molecular flexibility index (Phi) is 7.33. The standard InChI is InChI=1S/C28H28N2O3.CH4/c31-25-11-12-26-23(20-25)14-15-30(24-4-2-1-3-5-24)28(26)22-9-6-21(7-10-22)8-13-27(32)29-16-18-33-19-17-29;/h1-13,20,28,31H,14-19H2;1H4/b13-8+;. The minimum Gasteiger partial charge on any atom is -0.508 e. The number of carbonyl (C=O) groups is 1. The van der Waals surface area contributed by atoms with Crippen molar-refractivity contribution in [3.8, 4) is 5.75 Å². The van der Waals surface area contributed by atoms with Crippen LogP contribution >= 0.6 is 0 Å². The molecule has 2 heterocycles. The molecule has 2 aliphatic rings. The lowest BCUT2D eigenvalue weighted by Gasteiger charge is -2.39. The second-order valence-corrected chi connectivity index (χ2v) is 8.50. The Morgan fingerprint density at radius 3 is 2.41 bits per heavy atom. The van der Waals surface area contributed by atoms with Crippen LogP contribution < -0.4 is 4.90 Å². The van der Waals surface area contributed by atoms with Gasteiger partial charge in [0.1, 0.15) is 5.75 Å². The molecule has 0 aliphatic carbocycles. The van der Waals surface area contributed by atoms with Crippen molar-refractivity contribution < 1.29 is 14.6 Å². The van der Waals surface area contributed by atoms with Gasteiger partial charge in [-0.2, -0.15) is 0 Å². The number of aromatic hydroxyl groups is 1. The summed E-state index contributed by atoms with van der Waals surface area (Å²) in [5.74, 6) is 0.338. The van der Waals surface area contributed by atoms with Gasteiger partial charge < -0.3 is 19.6 Å². The predicted molar refractivity (Wildman–Crippen MR) is 137 cm³/mol. The van der Waals surface area contributed by atoms with Gasteiger partial charge in [0.2, 0.25) is 5.91 Å². The number of anilines is 1. The van der Waals surface area contributed by atoms with E-state index in [1.54, 1.807) is 12.1 Å². The van der Waals surface area contributed by atoms with Gasteiger partial charge in [-0.3, -0.25) is 4.79 Å². The number of benzene rings is 3. The minimum absolute atomic E-state index is 0. The van der Waals surface area contributed by atoms with Crippen LogP contribution in [0.3, 0.4) is 0 Å². The number of fused-ring (bicyclic) bond motifs is 1. The molecule has 1 saturated heterocycles. The van der Waals surface area contributed by atoms with E-state index >= 15 is 0 Å². The molecule has 0 aromatic heterocycles. The first-order chi connectivity index (χ1) is 16.2. The summed E-state index contributed by atoms with van der Waals surface area (Å²) >= 11 is 0. The maximum absolute atomic E-state index is 12.4. The van der Waals surface area contributed by atoms with Crippen molar-refractivity contribution in [2.24, 2.45) is 0 Å². The fraction of sp³-hybridized carbons (Fsp3) is 0.276. The number of hydrogen-bond acceptors (Lipinski definition) is 4. The average molecular weight is 457 g/mol. The van der Waals surface area contributed by atoms with Crippen LogP contribution in [0.4, 0.5) is 5.69 Å². The molecule has 0 bridgehead atoms. The highest BCUT2D eigenvalue weighted by Crippen LogP contribution is 2.39. The summed E-state index contributed by atoms with van der Waals surface area (Å²) in [6.07, 6.45) is 4.41. The summed E-state index contributed by atoms with van der Waals surface area (Å²) in [6.45, 7) is 3.38. The van der Waals surface area contributed by atoms with Crippen molar-refractivity contribution in [3.05, 3.63) is 101 Å². The number of nitrogens with zero attached hydrogens (tertiary/aromatic N) is 2. The molecule has 34 heavy (non-hydrogen) atoms. The molecule has 1 unspecified atom stereocenters. The van der Waals surface area contributed by atoms with Gasteiger partial charge in [0.25, 0.3) is 0 Å². The van der Waals surface area contributed by atoms with E-state index in [0.717, 1.165) is 18.5 Å². The summed E-state index contributed by atoms with van der Waals surface area (Å²) in [4.78, 5) is 16.6. The van der Waals surface area contributed by atoms with Crippen molar-refractivity contribution in [1.29, 1.82) is 0 Å². The molecule has 1 amide bonds. The molecule has 0 saturated carbocycles. The summed E-state index contributed by atoms with van der Waals surface area (Å²) < 4.78 is 5.32. The first kappa shape index (κ1) is 23.6. The Bertz CT molecular complexity index is 1140. The zero-order valence-corrected chi connectivity index (χ0v) is 18.6. The summed E-state index contributed by atoms with van der Waals surface area (Å²) in [5.41, 5.74) is 5.76. The van der Waals surface area contributed by atoms with E-state index in [1.807, 2.05) is 29.2 Å². The smallest absolute Gasteiger partial charge is 0.246 e. The number of ether oxygens (including phenoxy) is 1. The molecule has 3 aromatic carbocycles. The van der Waals surface area contributed by atoms with Crippen molar-refractivity contribution in [3.63, 3.8) is 0 Å². The van der Waals surface area contributed by atoms with Gasteiger partial charge in [-0.1, -0.05) is 56.0 Å². The van der Waals surface area contributed by atoms with Crippen LogP contribution in [0.5, 0.6) is 5.75 Å². The van der Waals surface area contributed by atoms with E-state index in [2.05, 4.69) is 53.4 Å². The van der Waals surface area contributed by atoms with Crippen molar-refractivity contribution >= 4 is 17.7 Å². The molecule has 1 atom stereocenters. The summed E-state index contributed by atoms with van der Waals surface area (Å²) in [5, 5.41) is 10.0. The Morgan fingerprint density at radius 2 is 1.68 bits per heavy atom. The lowest BCUT2D eigenvalue weighted by atomic mass is 9.87. The molecule has 5 nitrogen and oxygen atoms in total. The Balaban J connectivity index is 0.00000274. The van der Waals surface area contributed by atoms with Gasteiger partial charge >= 0.3 is 0 Å². The molecule has 0 spiro atoms. The lowest BCUT2D eigenvalue weighted by molar-refractivity contribution is -0.129. The van der Waals surface area contributed by atoms with E-state index in [9.17, 15) is 9.90 Å². The summed E-state index contributed by atoms with van der Waals surface area (Å²) in [6, 6.07) is 24.6. The number of morpholine rings is 1. The molecule has 2 aliphatic heterocycles. The quantitative estimate of drug-likeness (QED) is 0.558. The van der Waals surface area contributed by atoms with Gasteiger partial charge in [0.05, 0.1) is 19.3 Å². The summed E-state index contributed by atoms with van der Waals surface area (Å²) in [7, 11) is 0. The zero-order valence-electron chi connectivity index (χ0n) is 18.6. The van der Waals surface area contributed by atoms with Crippen LogP contribution in [-0.4, -0.2) is 48.8 Å². The van der Waals surface area contributed by atoms with Crippen molar-refractivity contribution in [2.45, 2.75) is 19.9 Å².